The monoisotopic (exact) mass is 592 g/mol. The fourth-order valence-electron chi connectivity index (χ4n) is 6.24. The number of allylic oxidation sites excluding steroid dienone is 2. The van der Waals surface area contributed by atoms with Gasteiger partial charge in [0, 0.05) is 31.1 Å². The topological polar surface area (TPSA) is 100 Å². The second-order valence-electron chi connectivity index (χ2n) is 11.9. The van der Waals surface area contributed by atoms with E-state index in [0.29, 0.717) is 29.8 Å². The van der Waals surface area contributed by atoms with E-state index in [1.165, 1.54) is 0 Å². The van der Waals surface area contributed by atoms with E-state index in [2.05, 4.69) is 38.8 Å². The Kier molecular flexibility index (Phi) is 7.55. The first kappa shape index (κ1) is 28.4. The SMILES string of the molecule is CC1(C)CC2CCC(c3ccccn3)Nc3cccc(n3)S(=O)NC(=O)c3ccc(C4=CCC(F)(F)CC4)nc3N1C2. The molecule has 1 fully saturated rings. The van der Waals surface area contributed by atoms with Crippen molar-refractivity contribution in [3.8, 4) is 0 Å². The first-order valence-electron chi connectivity index (χ1n) is 14.3. The van der Waals surface area contributed by atoms with Crippen LogP contribution in [0.3, 0.4) is 0 Å². The molecule has 220 valence electrons. The van der Waals surface area contributed by atoms with Gasteiger partial charge in [-0.15, -0.1) is 0 Å². The Balaban J connectivity index is 1.41. The molecule has 0 spiro atoms. The minimum atomic E-state index is -2.71. The summed E-state index contributed by atoms with van der Waals surface area (Å²) < 4.78 is 43.6. The van der Waals surface area contributed by atoms with Gasteiger partial charge in [0.25, 0.3) is 11.8 Å². The lowest BCUT2D eigenvalue weighted by molar-refractivity contribution is -0.00606. The maximum absolute atomic E-state index is 13.9. The highest BCUT2D eigenvalue weighted by Gasteiger charge is 2.41. The summed E-state index contributed by atoms with van der Waals surface area (Å²) in [4.78, 5) is 29.8. The average molecular weight is 593 g/mol. The molecule has 8 nitrogen and oxygen atoms in total. The van der Waals surface area contributed by atoms with E-state index >= 15 is 0 Å². The first-order chi connectivity index (χ1) is 20.1. The molecule has 4 bridgehead atoms. The average Bonchev–Trinajstić information content (AvgIpc) is 3.28. The number of rotatable bonds is 2. The third-order valence-electron chi connectivity index (χ3n) is 8.40. The molecule has 0 radical (unpaired) electrons. The summed E-state index contributed by atoms with van der Waals surface area (Å²) in [5.41, 5.74) is 2.19. The minimum absolute atomic E-state index is 0.118. The Morgan fingerprint density at radius 3 is 2.67 bits per heavy atom. The van der Waals surface area contributed by atoms with Crippen molar-refractivity contribution in [1.82, 2.24) is 19.7 Å². The van der Waals surface area contributed by atoms with Gasteiger partial charge in [-0.3, -0.25) is 14.5 Å². The number of pyridine rings is 3. The third-order valence-corrected chi connectivity index (χ3v) is 9.38. The second kappa shape index (κ2) is 11.2. The number of carbonyl (C=O) groups is 1. The van der Waals surface area contributed by atoms with Crippen molar-refractivity contribution in [3.05, 3.63) is 77.8 Å². The largest absolute Gasteiger partial charge is 0.362 e. The van der Waals surface area contributed by atoms with Crippen LogP contribution in [-0.4, -0.2) is 43.1 Å². The molecule has 42 heavy (non-hydrogen) atoms. The lowest BCUT2D eigenvalue weighted by Crippen LogP contribution is -2.40. The summed E-state index contributed by atoms with van der Waals surface area (Å²) in [7, 11) is -1.93. The smallest absolute Gasteiger partial charge is 0.267 e. The maximum Gasteiger partial charge on any atom is 0.267 e. The first-order valence-corrected chi connectivity index (χ1v) is 15.5. The molecule has 3 unspecified atom stereocenters. The summed E-state index contributed by atoms with van der Waals surface area (Å²) in [6, 6.07) is 14.2. The summed E-state index contributed by atoms with van der Waals surface area (Å²) in [5.74, 6) is -1.92. The molecule has 3 aromatic heterocycles. The Hall–Kier alpha value is -3.73. The van der Waals surface area contributed by atoms with Crippen LogP contribution in [0.5, 0.6) is 0 Å². The van der Waals surface area contributed by atoms with Crippen molar-refractivity contribution in [3.63, 3.8) is 0 Å². The minimum Gasteiger partial charge on any atom is -0.362 e. The van der Waals surface area contributed by atoms with Crippen LogP contribution in [0.2, 0.25) is 0 Å². The molecular formula is C31H34F2N6O2S. The van der Waals surface area contributed by atoms with Crippen molar-refractivity contribution in [2.75, 3.05) is 16.8 Å². The second-order valence-corrected chi connectivity index (χ2v) is 13.1. The molecule has 3 aromatic rings. The van der Waals surface area contributed by atoms with Gasteiger partial charge in [0.2, 0.25) is 0 Å². The van der Waals surface area contributed by atoms with Gasteiger partial charge in [0.05, 0.1) is 23.0 Å². The molecule has 2 N–H and O–H groups in total. The Morgan fingerprint density at radius 1 is 1.05 bits per heavy atom. The molecule has 1 aliphatic carbocycles. The molecule has 3 atom stereocenters. The van der Waals surface area contributed by atoms with E-state index < -0.39 is 22.8 Å². The van der Waals surface area contributed by atoms with Gasteiger partial charge >= 0.3 is 0 Å². The van der Waals surface area contributed by atoms with E-state index in [1.807, 2.05) is 24.3 Å². The zero-order valence-electron chi connectivity index (χ0n) is 23.6. The van der Waals surface area contributed by atoms with E-state index in [9.17, 15) is 17.8 Å². The van der Waals surface area contributed by atoms with Crippen LogP contribution < -0.4 is 14.9 Å². The molecule has 5 heterocycles. The fourth-order valence-corrected chi connectivity index (χ4v) is 7.00. The lowest BCUT2D eigenvalue weighted by Gasteiger charge is -2.34. The number of hydrogen-bond acceptors (Lipinski definition) is 7. The van der Waals surface area contributed by atoms with Crippen molar-refractivity contribution in [1.29, 1.82) is 0 Å². The highest BCUT2D eigenvalue weighted by molar-refractivity contribution is 7.83. The quantitative estimate of drug-likeness (QED) is 0.372. The molecule has 11 heteroatoms. The molecule has 6 rings (SSSR count). The van der Waals surface area contributed by atoms with Crippen LogP contribution in [0.1, 0.15) is 80.2 Å². The van der Waals surface area contributed by atoms with Crippen LogP contribution in [0.25, 0.3) is 5.57 Å². The van der Waals surface area contributed by atoms with Gasteiger partial charge in [0.15, 0.2) is 16.0 Å². The molecular weight excluding hydrogens is 558 g/mol. The number of alkyl halides is 2. The number of amides is 1. The number of fused-ring (bicyclic) bond motifs is 6. The number of halogens is 2. The number of aromatic nitrogens is 3. The highest BCUT2D eigenvalue weighted by Crippen LogP contribution is 2.42. The van der Waals surface area contributed by atoms with Crippen molar-refractivity contribution < 1.29 is 17.8 Å². The fraction of sp³-hybridized carbons (Fsp3) is 0.419. The van der Waals surface area contributed by atoms with Crippen LogP contribution >= 0.6 is 0 Å². The zero-order chi connectivity index (χ0) is 29.5. The molecule has 0 saturated carbocycles. The van der Waals surface area contributed by atoms with Gasteiger partial charge in [0.1, 0.15) is 11.6 Å². The van der Waals surface area contributed by atoms with Gasteiger partial charge in [-0.2, -0.15) is 0 Å². The Bertz CT molecular complexity index is 1550. The molecule has 1 saturated heterocycles. The van der Waals surface area contributed by atoms with Crippen molar-refractivity contribution in [2.45, 2.75) is 74.9 Å². The van der Waals surface area contributed by atoms with E-state index in [0.717, 1.165) is 30.5 Å². The van der Waals surface area contributed by atoms with E-state index in [4.69, 9.17) is 4.98 Å². The molecule has 1 amide bonds. The highest BCUT2D eigenvalue weighted by atomic mass is 32.2. The lowest BCUT2D eigenvalue weighted by atomic mass is 9.91. The van der Waals surface area contributed by atoms with Gasteiger partial charge in [-0.25, -0.2) is 23.0 Å². The molecule has 0 aromatic carbocycles. The van der Waals surface area contributed by atoms with Gasteiger partial charge in [-0.1, -0.05) is 18.2 Å². The van der Waals surface area contributed by atoms with E-state index in [1.54, 1.807) is 36.5 Å². The maximum atomic E-state index is 13.9. The summed E-state index contributed by atoms with van der Waals surface area (Å²) in [6.07, 6.45) is 5.54. The molecule has 2 aliphatic heterocycles. The predicted molar refractivity (Wildman–Crippen MR) is 158 cm³/mol. The third kappa shape index (κ3) is 5.92. The number of anilines is 2. The van der Waals surface area contributed by atoms with Crippen LogP contribution in [0.4, 0.5) is 20.4 Å². The summed E-state index contributed by atoms with van der Waals surface area (Å²) >= 11 is 0. The number of nitrogens with zero attached hydrogens (tertiary/aromatic N) is 4. The number of hydrogen-bond donors (Lipinski definition) is 2. The number of nitrogens with one attached hydrogen (secondary N) is 2. The standard InChI is InChI=1S/C31H34F2N6O2S/c1-30(2)18-20-9-11-25(24-6-3-4-17-34-24)35-26-7-5-8-27(37-26)42(41)38-29(40)22-10-12-23(36-28(22)39(30)19-20)21-13-15-31(32,33)16-14-21/h3-8,10,12-13,17,20,25H,9,11,14-16,18-19H2,1-2H3,(H,35,37)(H,38,40). The normalized spacial score (nSPS) is 25.2. The van der Waals surface area contributed by atoms with E-state index in [-0.39, 0.29) is 41.4 Å². The van der Waals surface area contributed by atoms with Crippen LogP contribution in [0, 0.1) is 5.92 Å². The summed E-state index contributed by atoms with van der Waals surface area (Å²) in [5, 5.41) is 3.69. The van der Waals surface area contributed by atoms with Crippen molar-refractivity contribution in [2.24, 2.45) is 5.92 Å². The zero-order valence-corrected chi connectivity index (χ0v) is 24.5. The van der Waals surface area contributed by atoms with Gasteiger partial charge in [-0.05, 0) is 87.4 Å². The van der Waals surface area contributed by atoms with Gasteiger partial charge < -0.3 is 10.2 Å². The Morgan fingerprint density at radius 2 is 1.90 bits per heavy atom. The van der Waals surface area contributed by atoms with Crippen LogP contribution in [-0.2, 0) is 11.0 Å². The predicted octanol–water partition coefficient (Wildman–Crippen LogP) is 6.08. The summed E-state index contributed by atoms with van der Waals surface area (Å²) in [6.45, 7) is 4.94. The van der Waals surface area contributed by atoms with Crippen molar-refractivity contribution >= 4 is 34.1 Å². The van der Waals surface area contributed by atoms with Crippen LogP contribution in [0.15, 0.2) is 65.8 Å². The molecule has 3 aliphatic rings. The Labute approximate surface area is 246 Å². The number of carbonyl (C=O) groups excluding carboxylic acids is 1.